The Kier molecular flexibility index (Phi) is 4.09. The maximum absolute atomic E-state index is 12.3. The van der Waals surface area contributed by atoms with Gasteiger partial charge in [0.15, 0.2) is 0 Å². The van der Waals surface area contributed by atoms with E-state index in [0.717, 1.165) is 5.56 Å². The van der Waals surface area contributed by atoms with Gasteiger partial charge in [0.25, 0.3) is 5.91 Å². The van der Waals surface area contributed by atoms with Gasteiger partial charge in [-0.05, 0) is 31.0 Å². The molecule has 1 amide bonds. The van der Waals surface area contributed by atoms with E-state index in [-0.39, 0.29) is 12.5 Å². The maximum Gasteiger partial charge on any atom is 0.311 e. The maximum atomic E-state index is 12.3. The SMILES string of the molecule is COCc1ccc(C(=O)N2CCC(C)(C(=O)O)C2)cc1. The predicted molar refractivity (Wildman–Crippen MR) is 73.4 cm³/mol. The van der Waals surface area contributed by atoms with Gasteiger partial charge in [0.2, 0.25) is 0 Å². The minimum atomic E-state index is -0.844. The largest absolute Gasteiger partial charge is 0.481 e. The summed E-state index contributed by atoms with van der Waals surface area (Å²) in [6, 6.07) is 7.21. The third-order valence-corrected chi connectivity index (χ3v) is 3.79. The highest BCUT2D eigenvalue weighted by atomic mass is 16.5. The number of carboxylic acid groups (broad SMARTS) is 1. The molecule has 1 atom stereocenters. The third-order valence-electron chi connectivity index (χ3n) is 3.79. The molecule has 0 aliphatic carbocycles. The number of carboxylic acids is 1. The molecule has 20 heavy (non-hydrogen) atoms. The quantitative estimate of drug-likeness (QED) is 0.910. The van der Waals surface area contributed by atoms with Crippen molar-refractivity contribution in [2.24, 2.45) is 5.41 Å². The number of methoxy groups -OCH3 is 1. The summed E-state index contributed by atoms with van der Waals surface area (Å²) >= 11 is 0. The topological polar surface area (TPSA) is 66.8 Å². The summed E-state index contributed by atoms with van der Waals surface area (Å²) in [5.74, 6) is -0.956. The zero-order valence-electron chi connectivity index (χ0n) is 11.8. The van der Waals surface area contributed by atoms with E-state index in [4.69, 9.17) is 4.74 Å². The number of nitrogens with zero attached hydrogens (tertiary/aromatic N) is 1. The Morgan fingerprint density at radius 2 is 2.00 bits per heavy atom. The summed E-state index contributed by atoms with van der Waals surface area (Å²) in [5.41, 5.74) is 0.756. The molecule has 0 aromatic heterocycles. The van der Waals surface area contributed by atoms with E-state index < -0.39 is 11.4 Å². The van der Waals surface area contributed by atoms with Gasteiger partial charge in [-0.3, -0.25) is 9.59 Å². The zero-order chi connectivity index (χ0) is 14.8. The molecule has 1 aliphatic heterocycles. The monoisotopic (exact) mass is 277 g/mol. The molecule has 0 saturated carbocycles. The minimum absolute atomic E-state index is 0.112. The van der Waals surface area contributed by atoms with E-state index in [1.54, 1.807) is 31.1 Å². The number of hydrogen-bond acceptors (Lipinski definition) is 3. The van der Waals surface area contributed by atoms with Crippen molar-refractivity contribution in [3.63, 3.8) is 0 Å². The smallest absolute Gasteiger partial charge is 0.311 e. The molecule has 0 bridgehead atoms. The van der Waals surface area contributed by atoms with E-state index in [2.05, 4.69) is 0 Å². The number of rotatable bonds is 4. The number of aliphatic carboxylic acids is 1. The Balaban J connectivity index is 2.07. The van der Waals surface area contributed by atoms with Crippen molar-refractivity contribution in [1.29, 1.82) is 0 Å². The number of ether oxygens (including phenoxy) is 1. The van der Waals surface area contributed by atoms with Crippen LogP contribution in [-0.2, 0) is 16.1 Å². The summed E-state index contributed by atoms with van der Waals surface area (Å²) in [6.45, 7) is 2.95. The zero-order valence-corrected chi connectivity index (χ0v) is 11.8. The fraction of sp³-hybridized carbons (Fsp3) is 0.467. The molecule has 1 N–H and O–H groups in total. The molecule has 1 fully saturated rings. The van der Waals surface area contributed by atoms with Crippen molar-refractivity contribution in [3.8, 4) is 0 Å². The number of likely N-dealkylation sites (tertiary alicyclic amines) is 1. The molecule has 1 aromatic rings. The lowest BCUT2D eigenvalue weighted by molar-refractivity contribution is -0.147. The summed E-state index contributed by atoms with van der Waals surface area (Å²) in [5, 5.41) is 9.19. The van der Waals surface area contributed by atoms with Gasteiger partial charge in [-0.25, -0.2) is 0 Å². The molecular formula is C15H19NO4. The van der Waals surface area contributed by atoms with Crippen molar-refractivity contribution >= 4 is 11.9 Å². The molecule has 0 radical (unpaired) electrons. The first-order valence-corrected chi connectivity index (χ1v) is 6.57. The molecule has 5 heteroatoms. The summed E-state index contributed by atoms with van der Waals surface area (Å²) < 4.78 is 5.02. The first-order chi connectivity index (χ1) is 9.46. The lowest BCUT2D eigenvalue weighted by Gasteiger charge is -2.20. The van der Waals surface area contributed by atoms with Crippen molar-refractivity contribution in [1.82, 2.24) is 4.90 Å². The standard InChI is InChI=1S/C15H19NO4/c1-15(14(18)19)7-8-16(10-15)13(17)12-5-3-11(4-6-12)9-20-2/h3-6H,7-10H2,1-2H3,(H,18,19). The molecule has 1 heterocycles. The van der Waals surface area contributed by atoms with Crippen molar-refractivity contribution in [2.75, 3.05) is 20.2 Å². The molecule has 0 spiro atoms. The minimum Gasteiger partial charge on any atom is -0.481 e. The van der Waals surface area contributed by atoms with Crippen molar-refractivity contribution in [2.45, 2.75) is 20.0 Å². The average Bonchev–Trinajstić information content (AvgIpc) is 2.83. The number of benzene rings is 1. The molecule has 1 saturated heterocycles. The van der Waals surface area contributed by atoms with Gasteiger partial charge >= 0.3 is 5.97 Å². The normalized spacial score (nSPS) is 22.0. The van der Waals surface area contributed by atoms with Crippen LogP contribution in [-0.4, -0.2) is 42.1 Å². The number of carbonyl (C=O) groups excluding carboxylic acids is 1. The molecular weight excluding hydrogens is 258 g/mol. The van der Waals surface area contributed by atoms with Crippen LogP contribution < -0.4 is 0 Å². The molecule has 2 rings (SSSR count). The molecule has 1 aromatic carbocycles. The van der Waals surface area contributed by atoms with Crippen LogP contribution in [0, 0.1) is 5.41 Å². The Morgan fingerprint density at radius 1 is 1.35 bits per heavy atom. The highest BCUT2D eigenvalue weighted by molar-refractivity contribution is 5.95. The van der Waals surface area contributed by atoms with E-state index in [1.807, 2.05) is 12.1 Å². The second-order valence-corrected chi connectivity index (χ2v) is 5.47. The van der Waals surface area contributed by atoms with E-state index in [0.29, 0.717) is 25.1 Å². The summed E-state index contributed by atoms with van der Waals surface area (Å²) in [6.07, 6.45) is 0.496. The average molecular weight is 277 g/mol. The van der Waals surface area contributed by atoms with Crippen LogP contribution in [0.4, 0.5) is 0 Å². The second kappa shape index (κ2) is 5.63. The van der Waals surface area contributed by atoms with E-state index in [1.165, 1.54) is 0 Å². The number of hydrogen-bond donors (Lipinski definition) is 1. The summed E-state index contributed by atoms with van der Waals surface area (Å²) in [7, 11) is 1.62. The molecule has 1 unspecified atom stereocenters. The Labute approximate surface area is 118 Å². The molecule has 5 nitrogen and oxygen atoms in total. The third kappa shape index (κ3) is 2.82. The van der Waals surface area contributed by atoms with E-state index >= 15 is 0 Å². The van der Waals surface area contributed by atoms with E-state index in [9.17, 15) is 14.7 Å². The first-order valence-electron chi connectivity index (χ1n) is 6.57. The van der Waals surface area contributed by atoms with Crippen LogP contribution in [0.1, 0.15) is 29.3 Å². The van der Waals surface area contributed by atoms with Crippen LogP contribution in [0.3, 0.4) is 0 Å². The first kappa shape index (κ1) is 14.5. The number of amides is 1. The Hall–Kier alpha value is -1.88. The van der Waals surface area contributed by atoms with Crippen LogP contribution >= 0.6 is 0 Å². The second-order valence-electron chi connectivity index (χ2n) is 5.47. The van der Waals surface area contributed by atoms with Crippen LogP contribution in [0.15, 0.2) is 24.3 Å². The summed E-state index contributed by atoms with van der Waals surface area (Å²) in [4.78, 5) is 25.1. The van der Waals surface area contributed by atoms with Gasteiger partial charge in [0, 0.05) is 25.8 Å². The van der Waals surface area contributed by atoms with Gasteiger partial charge in [0.05, 0.1) is 12.0 Å². The Morgan fingerprint density at radius 3 is 2.50 bits per heavy atom. The lowest BCUT2D eigenvalue weighted by atomic mass is 9.90. The van der Waals surface area contributed by atoms with Gasteiger partial charge in [-0.15, -0.1) is 0 Å². The van der Waals surface area contributed by atoms with Gasteiger partial charge < -0.3 is 14.7 Å². The van der Waals surface area contributed by atoms with Gasteiger partial charge in [-0.1, -0.05) is 12.1 Å². The fourth-order valence-corrected chi connectivity index (χ4v) is 2.40. The van der Waals surface area contributed by atoms with Crippen LogP contribution in [0.5, 0.6) is 0 Å². The highest BCUT2D eigenvalue weighted by Crippen LogP contribution is 2.31. The van der Waals surface area contributed by atoms with Crippen molar-refractivity contribution < 1.29 is 19.4 Å². The highest BCUT2D eigenvalue weighted by Gasteiger charge is 2.42. The molecule has 1 aliphatic rings. The van der Waals surface area contributed by atoms with Gasteiger partial charge in [-0.2, -0.15) is 0 Å². The van der Waals surface area contributed by atoms with Crippen LogP contribution in [0.25, 0.3) is 0 Å². The van der Waals surface area contributed by atoms with Gasteiger partial charge in [0.1, 0.15) is 0 Å². The Bertz CT molecular complexity index is 511. The molecule has 108 valence electrons. The van der Waals surface area contributed by atoms with Crippen LogP contribution in [0.2, 0.25) is 0 Å². The predicted octanol–water partition coefficient (Wildman–Crippen LogP) is 1.77. The fourth-order valence-electron chi connectivity index (χ4n) is 2.40. The number of carbonyl (C=O) groups is 2. The lowest BCUT2D eigenvalue weighted by Crippen LogP contribution is -2.34. The van der Waals surface area contributed by atoms with Crippen molar-refractivity contribution in [3.05, 3.63) is 35.4 Å².